The second-order valence-electron chi connectivity index (χ2n) is 4.62. The van der Waals surface area contributed by atoms with Crippen LogP contribution in [-0.2, 0) is 6.42 Å². The van der Waals surface area contributed by atoms with Gasteiger partial charge >= 0.3 is 0 Å². The van der Waals surface area contributed by atoms with Crippen LogP contribution in [0.5, 0.6) is 0 Å². The molecular formula is C15H15N3O2. The average Bonchev–Trinajstić information content (AvgIpc) is 3.04. The Morgan fingerprint density at radius 3 is 2.90 bits per heavy atom. The van der Waals surface area contributed by atoms with Gasteiger partial charge in [0.25, 0.3) is 5.91 Å². The molecule has 3 rings (SSSR count). The van der Waals surface area contributed by atoms with Crippen LogP contribution in [0.25, 0.3) is 11.0 Å². The first kappa shape index (κ1) is 12.5. The largest absolute Gasteiger partial charge is 0.466 e. The van der Waals surface area contributed by atoms with Crippen LogP contribution in [0.1, 0.15) is 22.1 Å². The molecule has 0 aliphatic heterocycles. The zero-order valence-electron chi connectivity index (χ0n) is 11.1. The first-order chi connectivity index (χ1) is 9.72. The lowest BCUT2D eigenvalue weighted by molar-refractivity contribution is 0.0944. The fourth-order valence-corrected chi connectivity index (χ4v) is 2.06. The molecule has 0 aliphatic rings. The highest BCUT2D eigenvalue weighted by atomic mass is 16.3. The number of aryl methyl sites for hydroxylation is 1. The molecule has 2 heterocycles. The molecule has 5 nitrogen and oxygen atoms in total. The number of rotatable bonds is 4. The standard InChI is InChI=1S/C15H15N3O2/c1-10-6-7-11(20-10)8-9-16-15(19)14-17-12-4-2-3-5-13(12)18-14/h2-7H,8-9H2,1H3,(H,16,19)(H,17,18). The van der Waals surface area contributed by atoms with Crippen LogP contribution in [0, 0.1) is 6.92 Å². The number of carbonyl (C=O) groups is 1. The molecule has 1 aromatic carbocycles. The first-order valence-corrected chi connectivity index (χ1v) is 6.50. The summed E-state index contributed by atoms with van der Waals surface area (Å²) in [4.78, 5) is 19.2. The molecule has 0 unspecified atom stereocenters. The number of H-pyrrole nitrogens is 1. The van der Waals surface area contributed by atoms with Crippen molar-refractivity contribution in [1.29, 1.82) is 0 Å². The number of para-hydroxylation sites is 2. The van der Waals surface area contributed by atoms with Gasteiger partial charge in [0.15, 0.2) is 5.82 Å². The Bertz CT molecular complexity index is 709. The number of benzene rings is 1. The number of imidazole rings is 1. The van der Waals surface area contributed by atoms with Crippen molar-refractivity contribution in [3.8, 4) is 0 Å². The number of hydrogen-bond donors (Lipinski definition) is 2. The number of furan rings is 1. The lowest BCUT2D eigenvalue weighted by atomic mass is 10.3. The second-order valence-corrected chi connectivity index (χ2v) is 4.62. The Balaban J connectivity index is 1.61. The van der Waals surface area contributed by atoms with Crippen LogP contribution in [0.15, 0.2) is 40.8 Å². The smallest absolute Gasteiger partial charge is 0.287 e. The molecule has 3 aromatic rings. The van der Waals surface area contributed by atoms with Crippen LogP contribution >= 0.6 is 0 Å². The lowest BCUT2D eigenvalue weighted by Gasteiger charge is -2.00. The van der Waals surface area contributed by atoms with E-state index in [0.717, 1.165) is 22.6 Å². The molecule has 102 valence electrons. The summed E-state index contributed by atoms with van der Waals surface area (Å²) in [5.41, 5.74) is 1.65. The number of aromatic nitrogens is 2. The molecule has 0 spiro atoms. The van der Waals surface area contributed by atoms with E-state index in [1.165, 1.54) is 0 Å². The average molecular weight is 269 g/mol. The van der Waals surface area contributed by atoms with Gasteiger partial charge in [-0.25, -0.2) is 4.98 Å². The van der Waals surface area contributed by atoms with Crippen molar-refractivity contribution in [3.05, 3.63) is 53.7 Å². The van der Waals surface area contributed by atoms with Crippen molar-refractivity contribution < 1.29 is 9.21 Å². The fraction of sp³-hybridized carbons (Fsp3) is 0.200. The van der Waals surface area contributed by atoms with Crippen molar-refractivity contribution in [3.63, 3.8) is 0 Å². The third kappa shape index (κ3) is 2.56. The summed E-state index contributed by atoms with van der Waals surface area (Å²) in [5, 5.41) is 2.82. The van der Waals surface area contributed by atoms with Crippen LogP contribution < -0.4 is 5.32 Å². The van der Waals surface area contributed by atoms with Crippen molar-refractivity contribution in [2.24, 2.45) is 0 Å². The maximum atomic E-state index is 12.0. The van der Waals surface area contributed by atoms with Crippen molar-refractivity contribution in [2.45, 2.75) is 13.3 Å². The summed E-state index contributed by atoms with van der Waals surface area (Å²) >= 11 is 0. The van der Waals surface area contributed by atoms with Gasteiger partial charge in [0.1, 0.15) is 11.5 Å². The van der Waals surface area contributed by atoms with E-state index in [0.29, 0.717) is 18.8 Å². The van der Waals surface area contributed by atoms with E-state index in [1.54, 1.807) is 0 Å². The van der Waals surface area contributed by atoms with E-state index in [2.05, 4.69) is 15.3 Å². The van der Waals surface area contributed by atoms with Crippen LogP contribution in [0.4, 0.5) is 0 Å². The molecule has 0 saturated carbocycles. The molecular weight excluding hydrogens is 254 g/mol. The Morgan fingerprint density at radius 1 is 1.30 bits per heavy atom. The molecule has 0 saturated heterocycles. The van der Waals surface area contributed by atoms with Gasteiger partial charge in [-0.15, -0.1) is 0 Å². The van der Waals surface area contributed by atoms with Gasteiger partial charge in [0.2, 0.25) is 0 Å². The molecule has 0 radical (unpaired) electrons. The molecule has 0 bridgehead atoms. The minimum Gasteiger partial charge on any atom is -0.466 e. The number of fused-ring (bicyclic) bond motifs is 1. The maximum Gasteiger partial charge on any atom is 0.287 e. The van der Waals surface area contributed by atoms with Gasteiger partial charge in [-0.3, -0.25) is 4.79 Å². The summed E-state index contributed by atoms with van der Waals surface area (Å²) in [6.45, 7) is 2.42. The third-order valence-corrected chi connectivity index (χ3v) is 3.06. The van der Waals surface area contributed by atoms with Gasteiger partial charge < -0.3 is 14.7 Å². The van der Waals surface area contributed by atoms with E-state index >= 15 is 0 Å². The highest BCUT2D eigenvalue weighted by molar-refractivity contribution is 5.94. The monoisotopic (exact) mass is 269 g/mol. The summed E-state index contributed by atoms with van der Waals surface area (Å²) in [5.74, 6) is 1.88. The Kier molecular flexibility index (Phi) is 3.25. The van der Waals surface area contributed by atoms with E-state index < -0.39 is 0 Å². The Hall–Kier alpha value is -2.56. The Labute approximate surface area is 116 Å². The molecule has 0 atom stereocenters. The maximum absolute atomic E-state index is 12.0. The van der Waals surface area contributed by atoms with Gasteiger partial charge in [-0.1, -0.05) is 12.1 Å². The number of hydrogen-bond acceptors (Lipinski definition) is 3. The molecule has 5 heteroatoms. The molecule has 20 heavy (non-hydrogen) atoms. The molecule has 2 N–H and O–H groups in total. The van der Waals surface area contributed by atoms with E-state index in [4.69, 9.17) is 4.42 Å². The molecule has 0 fully saturated rings. The van der Waals surface area contributed by atoms with Gasteiger partial charge in [-0.2, -0.15) is 0 Å². The van der Waals surface area contributed by atoms with Crippen molar-refractivity contribution in [1.82, 2.24) is 15.3 Å². The summed E-state index contributed by atoms with van der Waals surface area (Å²) in [6, 6.07) is 11.4. The zero-order valence-corrected chi connectivity index (χ0v) is 11.1. The quantitative estimate of drug-likeness (QED) is 0.764. The number of carbonyl (C=O) groups excluding carboxylic acids is 1. The van der Waals surface area contributed by atoms with Gasteiger partial charge in [0, 0.05) is 13.0 Å². The van der Waals surface area contributed by atoms with E-state index in [-0.39, 0.29) is 5.91 Å². The topological polar surface area (TPSA) is 70.9 Å². The zero-order chi connectivity index (χ0) is 13.9. The highest BCUT2D eigenvalue weighted by Gasteiger charge is 2.10. The van der Waals surface area contributed by atoms with E-state index in [9.17, 15) is 4.79 Å². The minimum atomic E-state index is -0.204. The van der Waals surface area contributed by atoms with Crippen LogP contribution in [0.3, 0.4) is 0 Å². The molecule has 1 amide bonds. The summed E-state index contributed by atoms with van der Waals surface area (Å²) in [7, 11) is 0. The minimum absolute atomic E-state index is 0.204. The van der Waals surface area contributed by atoms with E-state index in [1.807, 2.05) is 43.3 Å². The van der Waals surface area contributed by atoms with Gasteiger partial charge in [0.05, 0.1) is 11.0 Å². The Morgan fingerprint density at radius 2 is 2.15 bits per heavy atom. The summed E-state index contributed by atoms with van der Waals surface area (Å²) < 4.78 is 5.44. The summed E-state index contributed by atoms with van der Waals surface area (Å²) in [6.07, 6.45) is 0.666. The van der Waals surface area contributed by atoms with Crippen LogP contribution in [0.2, 0.25) is 0 Å². The van der Waals surface area contributed by atoms with Crippen LogP contribution in [-0.4, -0.2) is 22.4 Å². The number of aromatic amines is 1. The fourth-order valence-electron chi connectivity index (χ4n) is 2.06. The number of amides is 1. The second kappa shape index (κ2) is 5.21. The highest BCUT2D eigenvalue weighted by Crippen LogP contribution is 2.10. The van der Waals surface area contributed by atoms with Crippen molar-refractivity contribution in [2.75, 3.05) is 6.54 Å². The predicted molar refractivity (Wildman–Crippen MR) is 75.6 cm³/mol. The first-order valence-electron chi connectivity index (χ1n) is 6.50. The van der Waals surface area contributed by atoms with Crippen molar-refractivity contribution >= 4 is 16.9 Å². The predicted octanol–water partition coefficient (Wildman–Crippen LogP) is 2.44. The molecule has 2 aromatic heterocycles. The lowest BCUT2D eigenvalue weighted by Crippen LogP contribution is -2.26. The molecule has 0 aliphatic carbocycles. The number of nitrogens with one attached hydrogen (secondary N) is 2. The normalized spacial score (nSPS) is 10.8. The third-order valence-electron chi connectivity index (χ3n) is 3.06. The van der Waals surface area contributed by atoms with Gasteiger partial charge in [-0.05, 0) is 31.2 Å². The SMILES string of the molecule is Cc1ccc(CCNC(=O)c2nc3ccccc3[nH]2)o1. The number of nitrogens with zero attached hydrogens (tertiary/aromatic N) is 1.